The fourth-order valence-corrected chi connectivity index (χ4v) is 2.82. The van der Waals surface area contributed by atoms with E-state index in [0.29, 0.717) is 33.7 Å². The summed E-state index contributed by atoms with van der Waals surface area (Å²) in [5.74, 6) is 1.68. The molecule has 4 rings (SSSR count). The molecule has 4 nitrogen and oxygen atoms in total. The van der Waals surface area contributed by atoms with Gasteiger partial charge in [-0.25, -0.2) is 15.0 Å². The standard InChI is InChI=1S/C21H15ClN4/c22-16-11-12-18(23)17(13-16)21-25-19(14-7-3-1-4-8-14)24-20(26-21)15-9-5-2-6-10-15/h1-13H,23H2. The van der Waals surface area contributed by atoms with Crippen LogP contribution in [0, 0.1) is 0 Å². The molecule has 0 saturated carbocycles. The van der Waals surface area contributed by atoms with Crippen LogP contribution in [0.4, 0.5) is 5.69 Å². The van der Waals surface area contributed by atoms with E-state index in [4.69, 9.17) is 17.3 Å². The molecule has 0 radical (unpaired) electrons. The predicted octanol–water partition coefficient (Wildman–Crippen LogP) is 5.11. The van der Waals surface area contributed by atoms with Crippen LogP contribution < -0.4 is 5.73 Å². The van der Waals surface area contributed by atoms with Gasteiger partial charge in [0, 0.05) is 27.4 Å². The van der Waals surface area contributed by atoms with Crippen LogP contribution in [0.3, 0.4) is 0 Å². The van der Waals surface area contributed by atoms with Crippen molar-refractivity contribution in [1.29, 1.82) is 0 Å². The molecule has 1 heterocycles. The van der Waals surface area contributed by atoms with Gasteiger partial charge in [0.25, 0.3) is 0 Å². The van der Waals surface area contributed by atoms with Crippen LogP contribution in [-0.4, -0.2) is 15.0 Å². The highest BCUT2D eigenvalue weighted by molar-refractivity contribution is 6.31. The zero-order valence-electron chi connectivity index (χ0n) is 13.8. The second-order valence-corrected chi connectivity index (χ2v) is 6.21. The van der Waals surface area contributed by atoms with Crippen molar-refractivity contribution >= 4 is 17.3 Å². The van der Waals surface area contributed by atoms with Crippen LogP contribution in [0.15, 0.2) is 78.9 Å². The monoisotopic (exact) mass is 358 g/mol. The third-order valence-corrected chi connectivity index (χ3v) is 4.19. The number of benzene rings is 3. The number of nitrogens with zero attached hydrogens (tertiary/aromatic N) is 3. The molecule has 0 amide bonds. The Kier molecular flexibility index (Phi) is 4.33. The van der Waals surface area contributed by atoms with Crippen molar-refractivity contribution < 1.29 is 0 Å². The number of nitrogens with two attached hydrogens (primary N) is 1. The maximum absolute atomic E-state index is 6.15. The van der Waals surface area contributed by atoms with Crippen molar-refractivity contribution in [1.82, 2.24) is 15.0 Å². The van der Waals surface area contributed by atoms with E-state index in [9.17, 15) is 0 Å². The number of nitrogen functional groups attached to an aromatic ring is 1. The number of aromatic nitrogens is 3. The molecule has 126 valence electrons. The number of hydrogen-bond acceptors (Lipinski definition) is 4. The molecule has 0 bridgehead atoms. The Labute approximate surface area is 156 Å². The zero-order valence-corrected chi connectivity index (χ0v) is 14.6. The molecule has 0 fully saturated rings. The fourth-order valence-electron chi connectivity index (χ4n) is 2.65. The van der Waals surface area contributed by atoms with Crippen molar-refractivity contribution in [2.45, 2.75) is 0 Å². The van der Waals surface area contributed by atoms with Crippen molar-refractivity contribution in [2.75, 3.05) is 5.73 Å². The van der Waals surface area contributed by atoms with Crippen LogP contribution >= 0.6 is 11.6 Å². The summed E-state index contributed by atoms with van der Waals surface area (Å²) in [6.07, 6.45) is 0. The summed E-state index contributed by atoms with van der Waals surface area (Å²) in [6, 6.07) is 24.9. The van der Waals surface area contributed by atoms with Crippen molar-refractivity contribution in [3.8, 4) is 34.2 Å². The van der Waals surface area contributed by atoms with Crippen LogP contribution in [0.2, 0.25) is 5.02 Å². The Morgan fingerprint density at radius 3 is 1.65 bits per heavy atom. The Hall–Kier alpha value is -3.24. The molecule has 2 N–H and O–H groups in total. The first-order valence-corrected chi connectivity index (χ1v) is 8.51. The van der Waals surface area contributed by atoms with Crippen molar-refractivity contribution in [3.05, 3.63) is 83.9 Å². The van der Waals surface area contributed by atoms with Gasteiger partial charge in [-0.2, -0.15) is 0 Å². The van der Waals surface area contributed by atoms with Crippen LogP contribution in [0.25, 0.3) is 34.2 Å². The van der Waals surface area contributed by atoms with Gasteiger partial charge in [0.05, 0.1) is 0 Å². The van der Waals surface area contributed by atoms with Gasteiger partial charge in [0.1, 0.15) is 0 Å². The van der Waals surface area contributed by atoms with Gasteiger partial charge >= 0.3 is 0 Å². The summed E-state index contributed by atoms with van der Waals surface area (Å²) in [6.45, 7) is 0. The topological polar surface area (TPSA) is 64.7 Å². The molecule has 0 spiro atoms. The van der Waals surface area contributed by atoms with Gasteiger partial charge in [-0.3, -0.25) is 0 Å². The minimum atomic E-state index is 0.498. The van der Waals surface area contributed by atoms with Gasteiger partial charge in [-0.15, -0.1) is 0 Å². The van der Waals surface area contributed by atoms with Crippen molar-refractivity contribution in [2.24, 2.45) is 0 Å². The van der Waals surface area contributed by atoms with Crippen molar-refractivity contribution in [3.63, 3.8) is 0 Å². The van der Waals surface area contributed by atoms with E-state index >= 15 is 0 Å². The maximum atomic E-state index is 6.15. The van der Waals surface area contributed by atoms with Crippen LogP contribution in [0.5, 0.6) is 0 Å². The van der Waals surface area contributed by atoms with E-state index in [2.05, 4.69) is 15.0 Å². The Morgan fingerprint density at radius 2 is 1.12 bits per heavy atom. The predicted molar refractivity (Wildman–Crippen MR) is 106 cm³/mol. The lowest BCUT2D eigenvalue weighted by atomic mass is 10.1. The van der Waals surface area contributed by atoms with E-state index in [1.54, 1.807) is 18.2 Å². The third kappa shape index (κ3) is 3.27. The molecular weight excluding hydrogens is 344 g/mol. The largest absolute Gasteiger partial charge is 0.398 e. The highest BCUT2D eigenvalue weighted by Gasteiger charge is 2.14. The Morgan fingerprint density at radius 1 is 0.615 bits per heavy atom. The fraction of sp³-hybridized carbons (Fsp3) is 0. The second kappa shape index (κ2) is 6.94. The molecule has 0 saturated heterocycles. The number of hydrogen-bond donors (Lipinski definition) is 1. The van der Waals surface area contributed by atoms with E-state index in [0.717, 1.165) is 11.1 Å². The molecule has 0 unspecified atom stereocenters. The first kappa shape index (κ1) is 16.2. The van der Waals surface area contributed by atoms with E-state index in [1.807, 2.05) is 60.7 Å². The molecule has 1 aromatic heterocycles. The summed E-state index contributed by atoms with van der Waals surface area (Å²) in [5.41, 5.74) is 9.22. The number of rotatable bonds is 3. The van der Waals surface area contributed by atoms with Gasteiger partial charge < -0.3 is 5.73 Å². The number of halogens is 1. The second-order valence-electron chi connectivity index (χ2n) is 5.77. The molecule has 0 atom stereocenters. The normalized spacial score (nSPS) is 10.7. The molecule has 0 aliphatic rings. The summed E-state index contributed by atoms with van der Waals surface area (Å²) in [4.78, 5) is 13.9. The SMILES string of the molecule is Nc1ccc(Cl)cc1-c1nc(-c2ccccc2)nc(-c2ccccc2)n1. The molecule has 5 heteroatoms. The average molecular weight is 359 g/mol. The van der Waals surface area contributed by atoms with Gasteiger partial charge in [-0.05, 0) is 18.2 Å². The highest BCUT2D eigenvalue weighted by Crippen LogP contribution is 2.29. The van der Waals surface area contributed by atoms with Crippen LogP contribution in [0.1, 0.15) is 0 Å². The quantitative estimate of drug-likeness (QED) is 0.517. The average Bonchev–Trinajstić information content (AvgIpc) is 2.71. The van der Waals surface area contributed by atoms with Gasteiger partial charge in [0.15, 0.2) is 17.5 Å². The minimum absolute atomic E-state index is 0.498. The summed E-state index contributed by atoms with van der Waals surface area (Å²) in [5, 5.41) is 0.581. The lowest BCUT2D eigenvalue weighted by Gasteiger charge is -2.10. The minimum Gasteiger partial charge on any atom is -0.398 e. The molecule has 4 aromatic rings. The van der Waals surface area contributed by atoms with E-state index in [1.165, 1.54) is 0 Å². The Bertz CT molecular complexity index is 992. The summed E-state index contributed by atoms with van der Waals surface area (Å²) >= 11 is 6.15. The van der Waals surface area contributed by atoms with E-state index in [-0.39, 0.29) is 0 Å². The summed E-state index contributed by atoms with van der Waals surface area (Å²) < 4.78 is 0. The first-order valence-electron chi connectivity index (χ1n) is 8.13. The number of anilines is 1. The molecule has 0 aliphatic carbocycles. The maximum Gasteiger partial charge on any atom is 0.166 e. The van der Waals surface area contributed by atoms with Gasteiger partial charge in [-0.1, -0.05) is 72.3 Å². The van der Waals surface area contributed by atoms with E-state index < -0.39 is 0 Å². The van der Waals surface area contributed by atoms with Crippen LogP contribution in [-0.2, 0) is 0 Å². The molecule has 3 aromatic carbocycles. The Balaban J connectivity index is 1.95. The molecule has 0 aliphatic heterocycles. The molecular formula is C21H15ClN4. The highest BCUT2D eigenvalue weighted by atomic mass is 35.5. The van der Waals surface area contributed by atoms with Gasteiger partial charge in [0.2, 0.25) is 0 Å². The lowest BCUT2D eigenvalue weighted by Crippen LogP contribution is -2.01. The zero-order chi connectivity index (χ0) is 17.9. The lowest BCUT2D eigenvalue weighted by molar-refractivity contribution is 1.07. The molecule has 26 heavy (non-hydrogen) atoms. The first-order chi connectivity index (χ1) is 12.7. The summed E-state index contributed by atoms with van der Waals surface area (Å²) in [7, 11) is 0. The smallest absolute Gasteiger partial charge is 0.166 e. The third-order valence-electron chi connectivity index (χ3n) is 3.96.